The third-order valence-electron chi connectivity index (χ3n) is 2.44. The summed E-state index contributed by atoms with van der Waals surface area (Å²) in [5.74, 6) is 6.83. The minimum absolute atomic E-state index is 0.112. The Balaban J connectivity index is 2.58. The number of benzene rings is 1. The van der Waals surface area contributed by atoms with E-state index in [-0.39, 0.29) is 5.54 Å². The highest BCUT2D eigenvalue weighted by atomic mass is 16.5. The van der Waals surface area contributed by atoms with Gasteiger partial charge in [-0.2, -0.15) is 0 Å². The lowest BCUT2D eigenvalue weighted by molar-refractivity contribution is 0.320. The fourth-order valence-corrected chi connectivity index (χ4v) is 1.49. The standard InChI is InChI=1S/C16H23NO/c1-5-6-9-12-18-15-11-8-7-10-14(15)13-17-16(2,3)4/h7-8,10-11,17H,9,12-13H2,1-4H3. The van der Waals surface area contributed by atoms with Gasteiger partial charge in [-0.3, -0.25) is 0 Å². The molecule has 0 amide bonds. The molecule has 0 aromatic heterocycles. The SMILES string of the molecule is CC#CCCOc1ccccc1CNC(C)(C)C. The summed E-state index contributed by atoms with van der Waals surface area (Å²) in [6.07, 6.45) is 0.775. The van der Waals surface area contributed by atoms with Crippen LogP contribution in [0.25, 0.3) is 0 Å². The molecule has 1 aromatic carbocycles. The van der Waals surface area contributed by atoms with Gasteiger partial charge in [0.1, 0.15) is 5.75 Å². The maximum atomic E-state index is 5.76. The molecule has 0 saturated carbocycles. The Hall–Kier alpha value is -1.46. The number of hydrogen-bond donors (Lipinski definition) is 1. The zero-order chi connectivity index (χ0) is 13.4. The Kier molecular flexibility index (Phi) is 5.74. The summed E-state index contributed by atoms with van der Waals surface area (Å²) in [6.45, 7) is 9.79. The zero-order valence-electron chi connectivity index (χ0n) is 11.8. The van der Waals surface area contributed by atoms with E-state index in [1.807, 2.05) is 25.1 Å². The first-order valence-corrected chi connectivity index (χ1v) is 6.38. The van der Waals surface area contributed by atoms with Crippen molar-refractivity contribution in [2.45, 2.75) is 46.2 Å². The summed E-state index contributed by atoms with van der Waals surface area (Å²) in [4.78, 5) is 0. The first-order chi connectivity index (χ1) is 8.53. The second-order valence-electron chi connectivity index (χ2n) is 5.24. The lowest BCUT2D eigenvalue weighted by Gasteiger charge is -2.21. The Bertz CT molecular complexity index is 421. The van der Waals surface area contributed by atoms with Crippen molar-refractivity contribution in [2.24, 2.45) is 0 Å². The van der Waals surface area contributed by atoms with Crippen LogP contribution in [0.2, 0.25) is 0 Å². The van der Waals surface area contributed by atoms with Gasteiger partial charge in [-0.05, 0) is 33.8 Å². The smallest absolute Gasteiger partial charge is 0.123 e. The van der Waals surface area contributed by atoms with Crippen LogP contribution < -0.4 is 10.1 Å². The normalized spacial score (nSPS) is 10.7. The summed E-state index contributed by atoms with van der Waals surface area (Å²) < 4.78 is 5.76. The van der Waals surface area contributed by atoms with E-state index in [0.717, 1.165) is 18.7 Å². The molecule has 0 aliphatic heterocycles. The van der Waals surface area contributed by atoms with Crippen LogP contribution in [0, 0.1) is 11.8 Å². The third-order valence-corrected chi connectivity index (χ3v) is 2.44. The van der Waals surface area contributed by atoms with Gasteiger partial charge in [0.2, 0.25) is 0 Å². The van der Waals surface area contributed by atoms with Crippen LogP contribution in [-0.2, 0) is 6.54 Å². The van der Waals surface area contributed by atoms with E-state index in [2.05, 4.69) is 44.0 Å². The molecular formula is C16H23NO. The molecule has 1 N–H and O–H groups in total. The van der Waals surface area contributed by atoms with Gasteiger partial charge in [-0.15, -0.1) is 11.8 Å². The molecule has 1 rings (SSSR count). The summed E-state index contributed by atoms with van der Waals surface area (Å²) in [5.41, 5.74) is 1.30. The van der Waals surface area contributed by atoms with E-state index in [0.29, 0.717) is 6.61 Å². The molecule has 0 atom stereocenters. The molecule has 0 fully saturated rings. The molecule has 0 aliphatic carbocycles. The number of nitrogens with one attached hydrogen (secondary N) is 1. The number of ether oxygens (including phenoxy) is 1. The molecular weight excluding hydrogens is 222 g/mol. The van der Waals surface area contributed by atoms with Crippen molar-refractivity contribution in [3.63, 3.8) is 0 Å². The van der Waals surface area contributed by atoms with Crippen molar-refractivity contribution in [3.05, 3.63) is 29.8 Å². The second kappa shape index (κ2) is 7.08. The zero-order valence-corrected chi connectivity index (χ0v) is 11.8. The van der Waals surface area contributed by atoms with E-state index >= 15 is 0 Å². The number of para-hydroxylation sites is 1. The number of rotatable bonds is 5. The van der Waals surface area contributed by atoms with Crippen LogP contribution in [0.3, 0.4) is 0 Å². The minimum Gasteiger partial charge on any atom is -0.492 e. The van der Waals surface area contributed by atoms with Gasteiger partial charge in [0.05, 0.1) is 6.61 Å². The minimum atomic E-state index is 0.112. The highest BCUT2D eigenvalue weighted by molar-refractivity contribution is 5.33. The van der Waals surface area contributed by atoms with Gasteiger partial charge in [0.25, 0.3) is 0 Å². The Morgan fingerprint density at radius 2 is 1.94 bits per heavy atom. The summed E-state index contributed by atoms with van der Waals surface area (Å²) in [7, 11) is 0. The maximum absolute atomic E-state index is 5.76. The molecule has 1 aromatic rings. The lowest BCUT2D eigenvalue weighted by atomic mass is 10.1. The summed E-state index contributed by atoms with van der Waals surface area (Å²) >= 11 is 0. The van der Waals surface area contributed by atoms with Gasteiger partial charge in [-0.25, -0.2) is 0 Å². The highest BCUT2D eigenvalue weighted by Crippen LogP contribution is 2.18. The largest absolute Gasteiger partial charge is 0.492 e. The fourth-order valence-electron chi connectivity index (χ4n) is 1.49. The molecule has 0 saturated heterocycles. The molecule has 0 heterocycles. The second-order valence-corrected chi connectivity index (χ2v) is 5.24. The fraction of sp³-hybridized carbons (Fsp3) is 0.500. The van der Waals surface area contributed by atoms with E-state index in [4.69, 9.17) is 4.74 Å². The van der Waals surface area contributed by atoms with Crippen molar-refractivity contribution in [2.75, 3.05) is 6.61 Å². The average Bonchev–Trinajstić information content (AvgIpc) is 2.32. The Morgan fingerprint density at radius 3 is 2.61 bits per heavy atom. The predicted octanol–water partition coefficient (Wildman–Crippen LogP) is 3.37. The molecule has 0 spiro atoms. The first kappa shape index (κ1) is 14.6. The molecule has 0 bridgehead atoms. The topological polar surface area (TPSA) is 21.3 Å². The van der Waals surface area contributed by atoms with Crippen molar-refractivity contribution >= 4 is 0 Å². The van der Waals surface area contributed by atoms with Gasteiger partial charge in [0.15, 0.2) is 0 Å². The third kappa shape index (κ3) is 5.75. The monoisotopic (exact) mass is 245 g/mol. The van der Waals surface area contributed by atoms with E-state index in [9.17, 15) is 0 Å². The quantitative estimate of drug-likeness (QED) is 0.634. The van der Waals surface area contributed by atoms with Crippen molar-refractivity contribution in [1.82, 2.24) is 5.32 Å². The molecule has 0 radical (unpaired) electrons. The van der Waals surface area contributed by atoms with Crippen LogP contribution in [-0.4, -0.2) is 12.1 Å². The van der Waals surface area contributed by atoms with Crippen molar-refractivity contribution in [3.8, 4) is 17.6 Å². The Labute approximate surface area is 111 Å². The van der Waals surface area contributed by atoms with Gasteiger partial charge >= 0.3 is 0 Å². The van der Waals surface area contributed by atoms with Crippen LogP contribution in [0.1, 0.15) is 39.7 Å². The molecule has 98 valence electrons. The van der Waals surface area contributed by atoms with Crippen molar-refractivity contribution in [1.29, 1.82) is 0 Å². The maximum Gasteiger partial charge on any atom is 0.123 e. The van der Waals surface area contributed by atoms with Crippen LogP contribution >= 0.6 is 0 Å². The lowest BCUT2D eigenvalue weighted by Crippen LogP contribution is -2.35. The van der Waals surface area contributed by atoms with Gasteiger partial charge < -0.3 is 10.1 Å². The molecule has 2 heteroatoms. The molecule has 18 heavy (non-hydrogen) atoms. The highest BCUT2D eigenvalue weighted by Gasteiger charge is 2.10. The molecule has 0 aliphatic rings. The van der Waals surface area contributed by atoms with E-state index in [1.54, 1.807) is 0 Å². The molecule has 2 nitrogen and oxygen atoms in total. The number of hydrogen-bond acceptors (Lipinski definition) is 2. The predicted molar refractivity (Wildman–Crippen MR) is 76.6 cm³/mol. The van der Waals surface area contributed by atoms with E-state index in [1.165, 1.54) is 5.56 Å². The van der Waals surface area contributed by atoms with Gasteiger partial charge in [0, 0.05) is 24.1 Å². The Morgan fingerprint density at radius 1 is 1.22 bits per heavy atom. The molecule has 0 unspecified atom stereocenters. The first-order valence-electron chi connectivity index (χ1n) is 6.38. The average molecular weight is 245 g/mol. The van der Waals surface area contributed by atoms with Crippen LogP contribution in [0.5, 0.6) is 5.75 Å². The van der Waals surface area contributed by atoms with Crippen LogP contribution in [0.4, 0.5) is 0 Å². The van der Waals surface area contributed by atoms with Crippen molar-refractivity contribution < 1.29 is 4.74 Å². The van der Waals surface area contributed by atoms with E-state index < -0.39 is 0 Å². The van der Waals surface area contributed by atoms with Gasteiger partial charge in [-0.1, -0.05) is 18.2 Å². The van der Waals surface area contributed by atoms with Crippen LogP contribution in [0.15, 0.2) is 24.3 Å². The summed E-state index contributed by atoms with van der Waals surface area (Å²) in [6, 6.07) is 8.15. The summed E-state index contributed by atoms with van der Waals surface area (Å²) in [5, 5.41) is 3.47.